The van der Waals surface area contributed by atoms with Crippen molar-refractivity contribution in [3.8, 4) is 0 Å². The standard InChI is InChI=1S/C12H11BrClNO2/c1-3-6-7-4-5-8(14)9(13)10(7)15-11(6)12(16)17-2/h4-5,15H,3H2,1-2H3. The second-order valence-electron chi connectivity index (χ2n) is 3.61. The Hall–Kier alpha value is -1.00. The molecular formula is C12H11BrClNO2. The Labute approximate surface area is 112 Å². The van der Waals surface area contributed by atoms with Gasteiger partial charge in [0.2, 0.25) is 0 Å². The van der Waals surface area contributed by atoms with Gasteiger partial charge in [-0.1, -0.05) is 24.6 Å². The summed E-state index contributed by atoms with van der Waals surface area (Å²) in [6, 6.07) is 3.71. The van der Waals surface area contributed by atoms with E-state index in [1.54, 1.807) is 0 Å². The van der Waals surface area contributed by atoms with Crippen LogP contribution < -0.4 is 0 Å². The first-order chi connectivity index (χ1) is 8.10. The van der Waals surface area contributed by atoms with Gasteiger partial charge in [0.25, 0.3) is 0 Å². The molecule has 0 aliphatic rings. The lowest BCUT2D eigenvalue weighted by Crippen LogP contribution is -2.04. The van der Waals surface area contributed by atoms with E-state index in [0.29, 0.717) is 10.7 Å². The number of fused-ring (bicyclic) bond motifs is 1. The molecule has 1 N–H and O–H groups in total. The fourth-order valence-corrected chi connectivity index (χ4v) is 2.51. The van der Waals surface area contributed by atoms with Crippen LogP contribution in [0.4, 0.5) is 0 Å². The first-order valence-electron chi connectivity index (χ1n) is 5.17. The Balaban J connectivity index is 2.79. The molecule has 2 rings (SSSR count). The maximum absolute atomic E-state index is 11.7. The number of H-pyrrole nitrogens is 1. The molecule has 0 spiro atoms. The number of nitrogens with one attached hydrogen (secondary N) is 1. The number of aromatic amines is 1. The monoisotopic (exact) mass is 315 g/mol. The highest BCUT2D eigenvalue weighted by molar-refractivity contribution is 9.10. The number of hydrogen-bond acceptors (Lipinski definition) is 2. The molecule has 0 unspecified atom stereocenters. The molecule has 0 saturated carbocycles. The second kappa shape index (κ2) is 4.70. The van der Waals surface area contributed by atoms with E-state index in [2.05, 4.69) is 20.9 Å². The maximum Gasteiger partial charge on any atom is 0.354 e. The number of benzene rings is 1. The Morgan fingerprint density at radius 1 is 1.53 bits per heavy atom. The zero-order valence-corrected chi connectivity index (χ0v) is 11.8. The third-order valence-corrected chi connectivity index (χ3v) is 4.08. The van der Waals surface area contributed by atoms with Crippen molar-refractivity contribution < 1.29 is 9.53 Å². The smallest absolute Gasteiger partial charge is 0.354 e. The fourth-order valence-electron chi connectivity index (χ4n) is 1.90. The Kier molecular flexibility index (Phi) is 3.45. The van der Waals surface area contributed by atoms with E-state index in [1.165, 1.54) is 7.11 Å². The summed E-state index contributed by atoms with van der Waals surface area (Å²) in [5.41, 5.74) is 2.27. The van der Waals surface area contributed by atoms with Gasteiger partial charge in [-0.2, -0.15) is 0 Å². The van der Waals surface area contributed by atoms with Crippen molar-refractivity contribution in [2.24, 2.45) is 0 Å². The Bertz CT molecular complexity index is 592. The molecule has 0 aliphatic heterocycles. The average molecular weight is 317 g/mol. The lowest BCUT2D eigenvalue weighted by molar-refractivity contribution is 0.0594. The molecule has 1 aromatic carbocycles. The number of esters is 1. The minimum Gasteiger partial charge on any atom is -0.464 e. The number of halogens is 2. The van der Waals surface area contributed by atoms with Crippen molar-refractivity contribution in [2.45, 2.75) is 13.3 Å². The number of aryl methyl sites for hydroxylation is 1. The van der Waals surface area contributed by atoms with Crippen LogP contribution in [0, 0.1) is 0 Å². The predicted molar refractivity (Wildman–Crippen MR) is 71.7 cm³/mol. The topological polar surface area (TPSA) is 42.1 Å². The van der Waals surface area contributed by atoms with E-state index in [1.807, 2.05) is 19.1 Å². The molecular weight excluding hydrogens is 305 g/mol. The average Bonchev–Trinajstić information content (AvgIpc) is 2.72. The number of methoxy groups -OCH3 is 1. The molecule has 0 amide bonds. The summed E-state index contributed by atoms with van der Waals surface area (Å²) < 4.78 is 5.53. The van der Waals surface area contributed by atoms with Gasteiger partial charge in [-0.3, -0.25) is 0 Å². The molecule has 0 saturated heterocycles. The first-order valence-corrected chi connectivity index (χ1v) is 6.34. The van der Waals surface area contributed by atoms with E-state index in [9.17, 15) is 4.79 Å². The lowest BCUT2D eigenvalue weighted by atomic mass is 10.1. The van der Waals surface area contributed by atoms with E-state index in [4.69, 9.17) is 16.3 Å². The summed E-state index contributed by atoms with van der Waals surface area (Å²) >= 11 is 9.44. The molecule has 0 radical (unpaired) electrons. The SMILES string of the molecule is CCc1c(C(=O)OC)[nH]c2c(Br)c(Cl)ccc12. The lowest BCUT2D eigenvalue weighted by Gasteiger charge is -1.99. The van der Waals surface area contributed by atoms with E-state index in [-0.39, 0.29) is 5.97 Å². The molecule has 0 aliphatic carbocycles. The van der Waals surface area contributed by atoms with Gasteiger partial charge in [0, 0.05) is 5.39 Å². The first kappa shape index (κ1) is 12.5. The third-order valence-electron chi connectivity index (χ3n) is 2.71. The summed E-state index contributed by atoms with van der Waals surface area (Å²) in [5, 5.41) is 1.60. The van der Waals surface area contributed by atoms with Crippen LogP contribution in [-0.4, -0.2) is 18.1 Å². The molecule has 0 bridgehead atoms. The molecule has 2 aromatic rings. The van der Waals surface area contributed by atoms with E-state index >= 15 is 0 Å². The van der Waals surface area contributed by atoms with Gasteiger partial charge < -0.3 is 9.72 Å². The number of carbonyl (C=O) groups excluding carboxylic acids is 1. The van der Waals surface area contributed by atoms with Crippen molar-refractivity contribution in [3.05, 3.63) is 32.9 Å². The molecule has 1 aromatic heterocycles. The predicted octanol–water partition coefficient (Wildman–Crippen LogP) is 3.93. The van der Waals surface area contributed by atoms with Crippen LogP contribution in [-0.2, 0) is 11.2 Å². The van der Waals surface area contributed by atoms with Crippen LogP contribution in [0.15, 0.2) is 16.6 Å². The van der Waals surface area contributed by atoms with Crippen molar-refractivity contribution >= 4 is 44.4 Å². The second-order valence-corrected chi connectivity index (χ2v) is 4.81. The van der Waals surface area contributed by atoms with Crippen LogP contribution in [0.1, 0.15) is 23.0 Å². The van der Waals surface area contributed by atoms with Crippen molar-refractivity contribution in [1.29, 1.82) is 0 Å². The van der Waals surface area contributed by atoms with Gasteiger partial charge in [-0.25, -0.2) is 4.79 Å². The summed E-state index contributed by atoms with van der Waals surface area (Å²) in [7, 11) is 1.37. The molecule has 3 nitrogen and oxygen atoms in total. The molecule has 0 fully saturated rings. The quantitative estimate of drug-likeness (QED) is 0.853. The fraction of sp³-hybridized carbons (Fsp3) is 0.250. The zero-order valence-electron chi connectivity index (χ0n) is 9.43. The van der Waals surface area contributed by atoms with Crippen molar-refractivity contribution in [1.82, 2.24) is 4.98 Å². The summed E-state index contributed by atoms with van der Waals surface area (Å²) in [6.07, 6.45) is 0.749. The van der Waals surface area contributed by atoms with E-state index in [0.717, 1.165) is 27.4 Å². The Morgan fingerprint density at radius 2 is 2.24 bits per heavy atom. The number of carbonyl (C=O) groups is 1. The number of ether oxygens (including phenoxy) is 1. The number of hydrogen-bond donors (Lipinski definition) is 1. The van der Waals surface area contributed by atoms with Crippen molar-refractivity contribution in [2.75, 3.05) is 7.11 Å². The number of rotatable bonds is 2. The summed E-state index contributed by atoms with van der Waals surface area (Å²) in [6.45, 7) is 2.00. The summed E-state index contributed by atoms with van der Waals surface area (Å²) in [5.74, 6) is -0.360. The van der Waals surface area contributed by atoms with Crippen LogP contribution in [0.2, 0.25) is 5.02 Å². The minimum atomic E-state index is -0.360. The molecule has 1 heterocycles. The van der Waals surface area contributed by atoms with Gasteiger partial charge in [-0.05, 0) is 34.0 Å². The third kappa shape index (κ3) is 1.96. The summed E-state index contributed by atoms with van der Waals surface area (Å²) in [4.78, 5) is 14.7. The number of aromatic nitrogens is 1. The van der Waals surface area contributed by atoms with Crippen molar-refractivity contribution in [3.63, 3.8) is 0 Å². The molecule has 90 valence electrons. The molecule has 0 atom stereocenters. The zero-order chi connectivity index (χ0) is 12.6. The van der Waals surface area contributed by atoms with Crippen LogP contribution >= 0.6 is 27.5 Å². The van der Waals surface area contributed by atoms with Gasteiger partial charge in [0.05, 0.1) is 22.1 Å². The highest BCUT2D eigenvalue weighted by Gasteiger charge is 2.18. The maximum atomic E-state index is 11.7. The van der Waals surface area contributed by atoms with Gasteiger partial charge in [0.1, 0.15) is 5.69 Å². The highest BCUT2D eigenvalue weighted by atomic mass is 79.9. The van der Waals surface area contributed by atoms with Crippen LogP contribution in [0.5, 0.6) is 0 Å². The largest absolute Gasteiger partial charge is 0.464 e. The van der Waals surface area contributed by atoms with Gasteiger partial charge >= 0.3 is 5.97 Å². The van der Waals surface area contributed by atoms with Crippen LogP contribution in [0.3, 0.4) is 0 Å². The van der Waals surface area contributed by atoms with Gasteiger partial charge in [-0.15, -0.1) is 0 Å². The minimum absolute atomic E-state index is 0.360. The van der Waals surface area contributed by atoms with Gasteiger partial charge in [0.15, 0.2) is 0 Å². The van der Waals surface area contributed by atoms with Crippen LogP contribution in [0.25, 0.3) is 10.9 Å². The molecule has 17 heavy (non-hydrogen) atoms. The Morgan fingerprint density at radius 3 is 2.82 bits per heavy atom. The van der Waals surface area contributed by atoms with E-state index < -0.39 is 0 Å². The molecule has 5 heteroatoms. The normalized spacial score (nSPS) is 10.8. The highest BCUT2D eigenvalue weighted by Crippen LogP contribution is 2.34.